The van der Waals surface area contributed by atoms with E-state index in [9.17, 15) is 8.42 Å². The molecular formula is C8H16N2O7S2. The third kappa shape index (κ3) is 10.6. The second kappa shape index (κ2) is 6.96. The summed E-state index contributed by atoms with van der Waals surface area (Å²) in [5.74, 6) is 0. The van der Waals surface area contributed by atoms with Gasteiger partial charge in [0, 0.05) is 6.42 Å². The van der Waals surface area contributed by atoms with Gasteiger partial charge in [-0.15, -0.1) is 0 Å². The van der Waals surface area contributed by atoms with Crippen LogP contribution in [-0.2, 0) is 34.1 Å². The molecule has 9 nitrogen and oxygen atoms in total. The maximum Gasteiger partial charge on any atom is 0.267 e. The van der Waals surface area contributed by atoms with Crippen molar-refractivity contribution in [2.75, 3.05) is 0 Å². The quantitative estimate of drug-likeness (QED) is 0.411. The van der Waals surface area contributed by atoms with E-state index in [1.54, 1.807) is 0 Å². The highest BCUT2D eigenvalue weighted by atomic mass is 32.3. The van der Waals surface area contributed by atoms with Gasteiger partial charge in [-0.1, -0.05) is 0 Å². The predicted octanol–water partition coefficient (Wildman–Crippen LogP) is -1.02. The zero-order valence-corrected chi connectivity index (χ0v) is 12.0. The molecule has 0 spiro atoms. The van der Waals surface area contributed by atoms with Gasteiger partial charge in [0.15, 0.2) is 0 Å². The van der Waals surface area contributed by atoms with Crippen molar-refractivity contribution < 1.29 is 35.1 Å². The minimum Gasteiger partial charge on any atom is -0.726 e. The third-order valence-electron chi connectivity index (χ3n) is 2.13. The van der Waals surface area contributed by atoms with Crippen molar-refractivity contribution in [2.24, 2.45) is 7.05 Å². The molecule has 0 radical (unpaired) electrons. The van der Waals surface area contributed by atoms with Crippen LogP contribution < -0.4 is 4.57 Å². The number of aryl methyl sites for hydroxylation is 2. The van der Waals surface area contributed by atoms with E-state index in [1.807, 2.05) is 34.9 Å². The summed E-state index contributed by atoms with van der Waals surface area (Å²) in [5.41, 5.74) is 0. The maximum atomic E-state index is 10.7. The summed E-state index contributed by atoms with van der Waals surface area (Å²) >= 11 is 0. The summed E-state index contributed by atoms with van der Waals surface area (Å²) in [5, 5.41) is -0.713. The Bertz CT molecular complexity index is 582. The van der Waals surface area contributed by atoms with Crippen molar-refractivity contribution in [3.05, 3.63) is 18.7 Å². The first-order valence-corrected chi connectivity index (χ1v) is 7.92. The van der Waals surface area contributed by atoms with Crippen LogP contribution in [0.5, 0.6) is 0 Å². The van der Waals surface area contributed by atoms with Crippen molar-refractivity contribution in [3.8, 4) is 0 Å². The molecule has 1 rings (SSSR count). The van der Waals surface area contributed by atoms with Crippen LogP contribution in [0.2, 0.25) is 0 Å². The molecule has 19 heavy (non-hydrogen) atoms. The summed E-state index contributed by atoms with van der Waals surface area (Å²) in [6.45, 7) is 2.08. The molecule has 1 atom stereocenters. The number of hydrogen-bond donors (Lipinski definition) is 2. The first-order chi connectivity index (χ1) is 8.39. The Morgan fingerprint density at radius 2 is 1.79 bits per heavy atom. The number of rotatable bonds is 4. The van der Waals surface area contributed by atoms with E-state index in [0.29, 0.717) is 13.0 Å². The number of imidazole rings is 1. The van der Waals surface area contributed by atoms with Crippen LogP contribution >= 0.6 is 0 Å². The van der Waals surface area contributed by atoms with E-state index in [1.165, 1.54) is 6.92 Å². The maximum absolute atomic E-state index is 10.7. The van der Waals surface area contributed by atoms with Crippen LogP contribution in [0, 0.1) is 0 Å². The Hall–Kier alpha value is -1.01. The Kier molecular flexibility index (Phi) is 6.59. The molecule has 0 aliphatic carbocycles. The zero-order chi connectivity index (χ0) is 15.3. The van der Waals surface area contributed by atoms with E-state index < -0.39 is 25.8 Å². The van der Waals surface area contributed by atoms with Gasteiger partial charge in [0.1, 0.15) is 12.4 Å². The largest absolute Gasteiger partial charge is 0.726 e. The fraction of sp³-hybridized carbons (Fsp3) is 0.625. The van der Waals surface area contributed by atoms with Crippen LogP contribution in [0.4, 0.5) is 0 Å². The van der Waals surface area contributed by atoms with Gasteiger partial charge in [-0.2, -0.15) is 8.42 Å². The molecule has 0 fully saturated rings. The lowest BCUT2D eigenvalue weighted by Crippen LogP contribution is -2.24. The molecule has 11 heteroatoms. The van der Waals surface area contributed by atoms with Gasteiger partial charge in [0.25, 0.3) is 10.1 Å². The summed E-state index contributed by atoms with van der Waals surface area (Å²) in [4.78, 5) is 0. The van der Waals surface area contributed by atoms with Crippen LogP contribution in [-0.4, -0.2) is 40.3 Å². The van der Waals surface area contributed by atoms with Crippen LogP contribution in [0.25, 0.3) is 0 Å². The second-order valence-corrected chi connectivity index (χ2v) is 6.55. The molecule has 2 N–H and O–H groups in total. The van der Waals surface area contributed by atoms with Crippen LogP contribution in [0.3, 0.4) is 0 Å². The molecule has 112 valence electrons. The van der Waals surface area contributed by atoms with Crippen molar-refractivity contribution in [1.29, 1.82) is 0 Å². The van der Waals surface area contributed by atoms with Crippen molar-refractivity contribution >= 4 is 20.5 Å². The van der Waals surface area contributed by atoms with E-state index in [-0.39, 0.29) is 0 Å². The SMILES string of the molecule is CC(CCn1cc[n+](C)c1)S(=O)(=O)O.O=S(=O)([O-])O. The van der Waals surface area contributed by atoms with E-state index in [0.717, 1.165) is 0 Å². The average molecular weight is 316 g/mol. The fourth-order valence-electron chi connectivity index (χ4n) is 1.11. The van der Waals surface area contributed by atoms with Crippen molar-refractivity contribution in [3.63, 3.8) is 0 Å². The Labute approximate surface area is 111 Å². The topological polar surface area (TPSA) is 141 Å². The lowest BCUT2D eigenvalue weighted by Gasteiger charge is -2.04. The molecule has 0 aliphatic heterocycles. The van der Waals surface area contributed by atoms with Crippen molar-refractivity contribution in [2.45, 2.75) is 25.1 Å². The molecular weight excluding hydrogens is 300 g/mol. The minimum absolute atomic E-state index is 0.410. The van der Waals surface area contributed by atoms with E-state index in [2.05, 4.69) is 0 Å². The van der Waals surface area contributed by atoms with Gasteiger partial charge >= 0.3 is 0 Å². The molecule has 1 aromatic heterocycles. The molecule has 0 aromatic carbocycles. The molecule has 0 saturated carbocycles. The predicted molar refractivity (Wildman–Crippen MR) is 63.6 cm³/mol. The van der Waals surface area contributed by atoms with Gasteiger partial charge in [-0.05, 0) is 6.92 Å². The first kappa shape index (κ1) is 18.0. The Balaban J connectivity index is 0.000000555. The van der Waals surface area contributed by atoms with E-state index >= 15 is 0 Å². The fourth-order valence-corrected chi connectivity index (χ4v) is 1.52. The monoisotopic (exact) mass is 316 g/mol. The minimum atomic E-state index is -4.92. The van der Waals surface area contributed by atoms with Gasteiger partial charge in [0.05, 0.1) is 18.8 Å². The van der Waals surface area contributed by atoms with Crippen molar-refractivity contribution in [1.82, 2.24) is 4.57 Å². The molecule has 0 amide bonds. The summed E-state index contributed by atoms with van der Waals surface area (Å²) in [7, 11) is -6.91. The molecule has 0 saturated heterocycles. The lowest BCUT2D eigenvalue weighted by molar-refractivity contribution is -0.671. The summed E-state index contributed by atoms with van der Waals surface area (Å²) in [6, 6.07) is 0. The third-order valence-corrected chi connectivity index (χ3v) is 3.38. The lowest BCUT2D eigenvalue weighted by atomic mass is 10.3. The van der Waals surface area contributed by atoms with Gasteiger partial charge in [-0.3, -0.25) is 9.11 Å². The van der Waals surface area contributed by atoms with Crippen LogP contribution in [0.15, 0.2) is 18.7 Å². The normalized spacial score (nSPS) is 13.5. The number of nitrogens with zero attached hydrogens (tertiary/aromatic N) is 2. The smallest absolute Gasteiger partial charge is 0.267 e. The van der Waals surface area contributed by atoms with E-state index in [4.69, 9.17) is 22.1 Å². The zero-order valence-electron chi connectivity index (χ0n) is 10.4. The highest BCUT2D eigenvalue weighted by Crippen LogP contribution is 2.04. The molecule has 1 unspecified atom stereocenters. The Morgan fingerprint density at radius 1 is 1.32 bits per heavy atom. The highest BCUT2D eigenvalue weighted by molar-refractivity contribution is 7.86. The number of aromatic nitrogens is 2. The number of hydrogen-bond acceptors (Lipinski definition) is 5. The summed E-state index contributed by atoms with van der Waals surface area (Å²) in [6.07, 6.45) is 6.00. The van der Waals surface area contributed by atoms with Gasteiger partial charge < -0.3 is 4.55 Å². The first-order valence-electron chi connectivity index (χ1n) is 5.05. The highest BCUT2D eigenvalue weighted by Gasteiger charge is 2.17. The van der Waals surface area contributed by atoms with Crippen LogP contribution in [0.1, 0.15) is 13.3 Å². The molecule has 1 aromatic rings. The van der Waals surface area contributed by atoms with Gasteiger partial charge in [0.2, 0.25) is 16.7 Å². The van der Waals surface area contributed by atoms with Gasteiger partial charge in [-0.25, -0.2) is 17.6 Å². The molecule has 0 bridgehead atoms. The second-order valence-electron chi connectivity index (χ2n) is 3.86. The average Bonchev–Trinajstić information content (AvgIpc) is 2.56. The summed E-state index contributed by atoms with van der Waals surface area (Å²) < 4.78 is 66.7. The molecule has 1 heterocycles. The molecule has 0 aliphatic rings. The standard InChI is InChI=1S/C8H14N2O3S.H2O4S/c1-8(14(11,12)13)3-4-10-6-5-9(2)7-10;1-5(2,3)4/h5-8H,3-4H2,1-2H3;(H2,1,2,3,4). The Morgan fingerprint density at radius 3 is 2.11 bits per heavy atom.